The number of hydrogen-bond donors (Lipinski definition) is 2. The number of amides is 1. The molecule has 2 fully saturated rings. The Morgan fingerprint density at radius 1 is 1.05 bits per heavy atom. The minimum atomic E-state index is -4.52. The molecule has 1 aromatic carbocycles. The zero-order valence-corrected chi connectivity index (χ0v) is 12.5. The molecule has 0 aliphatic carbocycles. The van der Waals surface area contributed by atoms with Crippen molar-refractivity contribution in [1.82, 2.24) is 4.90 Å². The van der Waals surface area contributed by atoms with Crippen LogP contribution in [0.1, 0.15) is 37.3 Å². The van der Waals surface area contributed by atoms with Crippen LogP contribution < -0.4 is 0 Å². The van der Waals surface area contributed by atoms with Crippen molar-refractivity contribution in [3.63, 3.8) is 0 Å². The molecule has 2 N–H and O–H groups in total. The highest BCUT2D eigenvalue weighted by molar-refractivity contribution is 7.53. The number of halogens is 2. The summed E-state index contributed by atoms with van der Waals surface area (Å²) < 4.78 is 38.3. The van der Waals surface area contributed by atoms with Crippen molar-refractivity contribution in [3.05, 3.63) is 35.4 Å². The first-order chi connectivity index (χ1) is 10.3. The number of benzene rings is 1. The summed E-state index contributed by atoms with van der Waals surface area (Å²) in [7, 11) is -4.52. The minimum absolute atomic E-state index is 0.119. The Hall–Kier alpha value is -1.30. The fourth-order valence-corrected chi connectivity index (χ4v) is 4.46. The van der Waals surface area contributed by atoms with Crippen molar-refractivity contribution >= 4 is 13.5 Å². The Morgan fingerprint density at radius 3 is 2.23 bits per heavy atom. The lowest BCUT2D eigenvalue weighted by atomic mass is 10.0. The summed E-state index contributed by atoms with van der Waals surface area (Å²) in [5.41, 5.74) is -1.01. The second-order valence-electron chi connectivity index (χ2n) is 5.88. The number of hydrogen-bond acceptors (Lipinski definition) is 2. The molecule has 0 radical (unpaired) electrons. The van der Waals surface area contributed by atoms with Gasteiger partial charge in [0.2, 0.25) is 5.91 Å². The average Bonchev–Trinajstić information content (AvgIpc) is 2.81. The van der Waals surface area contributed by atoms with Gasteiger partial charge in [-0.1, -0.05) is 0 Å². The standard InChI is InChI=1S/C14H16F2NO4P/c15-9-5-8(6-10(16)7-9)12-3-1-11-2-4-13(22(19,20)21)14(18)17(11)12/h5-7,11-13H,1-4H2,(H2,19,20,21)/t11-,12+,13?/m1/s1. The molecule has 0 aromatic heterocycles. The Balaban J connectivity index is 1.94. The van der Waals surface area contributed by atoms with E-state index in [2.05, 4.69) is 0 Å². The van der Waals surface area contributed by atoms with Crippen LogP contribution in [0.25, 0.3) is 0 Å². The third kappa shape index (κ3) is 2.69. The molecular formula is C14H16F2NO4P. The summed E-state index contributed by atoms with van der Waals surface area (Å²) in [6.45, 7) is 0. The third-order valence-electron chi connectivity index (χ3n) is 4.49. The van der Waals surface area contributed by atoms with E-state index in [-0.39, 0.29) is 12.5 Å². The topological polar surface area (TPSA) is 77.8 Å². The molecule has 0 spiro atoms. The van der Waals surface area contributed by atoms with E-state index in [9.17, 15) is 27.9 Å². The minimum Gasteiger partial charge on any atom is -0.332 e. The maximum Gasteiger partial charge on any atom is 0.337 e. The van der Waals surface area contributed by atoms with Gasteiger partial charge in [-0.15, -0.1) is 0 Å². The zero-order valence-electron chi connectivity index (χ0n) is 11.7. The number of rotatable bonds is 2. The molecule has 2 saturated heterocycles. The molecule has 3 rings (SSSR count). The normalized spacial score (nSPS) is 28.8. The van der Waals surface area contributed by atoms with Crippen LogP contribution >= 0.6 is 7.60 Å². The van der Waals surface area contributed by atoms with Crippen LogP contribution in [0.5, 0.6) is 0 Å². The molecule has 2 aliphatic heterocycles. The fourth-order valence-electron chi connectivity index (χ4n) is 3.55. The highest BCUT2D eigenvalue weighted by atomic mass is 31.2. The van der Waals surface area contributed by atoms with Crippen molar-refractivity contribution in [1.29, 1.82) is 0 Å². The first-order valence-electron chi connectivity index (χ1n) is 7.11. The largest absolute Gasteiger partial charge is 0.337 e. The molecule has 120 valence electrons. The maximum absolute atomic E-state index is 13.4. The molecule has 2 heterocycles. The third-order valence-corrected chi connectivity index (χ3v) is 5.78. The monoisotopic (exact) mass is 331 g/mol. The quantitative estimate of drug-likeness (QED) is 0.816. The number of carbonyl (C=O) groups is 1. The van der Waals surface area contributed by atoms with E-state index < -0.39 is 36.8 Å². The molecule has 22 heavy (non-hydrogen) atoms. The van der Waals surface area contributed by atoms with E-state index in [4.69, 9.17) is 0 Å². The van der Waals surface area contributed by atoms with E-state index in [1.54, 1.807) is 0 Å². The van der Waals surface area contributed by atoms with Gasteiger partial charge in [0.1, 0.15) is 17.3 Å². The number of nitrogens with zero attached hydrogens (tertiary/aromatic N) is 1. The van der Waals surface area contributed by atoms with Crippen molar-refractivity contribution in [2.24, 2.45) is 0 Å². The van der Waals surface area contributed by atoms with Crippen LogP contribution in [-0.2, 0) is 9.36 Å². The Morgan fingerprint density at radius 2 is 1.64 bits per heavy atom. The lowest BCUT2D eigenvalue weighted by molar-refractivity contribution is -0.136. The second-order valence-corrected chi connectivity index (χ2v) is 7.68. The Bertz CT molecular complexity index is 642. The molecule has 2 aliphatic rings. The predicted molar refractivity (Wildman–Crippen MR) is 74.0 cm³/mol. The van der Waals surface area contributed by atoms with E-state index in [1.807, 2.05) is 0 Å². The summed E-state index contributed by atoms with van der Waals surface area (Å²) in [6.07, 6.45) is 1.85. The molecular weight excluding hydrogens is 315 g/mol. The molecule has 5 nitrogen and oxygen atoms in total. The van der Waals surface area contributed by atoms with Gasteiger partial charge in [-0.25, -0.2) is 8.78 Å². The summed E-state index contributed by atoms with van der Waals surface area (Å²) in [5.74, 6) is -2.07. The smallest absolute Gasteiger partial charge is 0.332 e. The van der Waals surface area contributed by atoms with Crippen LogP contribution in [0.2, 0.25) is 0 Å². The SMILES string of the molecule is O=C1C(P(=O)(O)O)CC[C@H]2CC[C@@H](c3cc(F)cc(F)c3)N12. The lowest BCUT2D eigenvalue weighted by Crippen LogP contribution is -2.47. The molecule has 1 aromatic rings. The molecule has 0 saturated carbocycles. The molecule has 3 atom stereocenters. The predicted octanol–water partition coefficient (Wildman–Crippen LogP) is 2.34. The van der Waals surface area contributed by atoms with Crippen molar-refractivity contribution in [3.8, 4) is 0 Å². The van der Waals surface area contributed by atoms with Gasteiger partial charge in [0, 0.05) is 12.1 Å². The maximum atomic E-state index is 13.4. The Labute approximate surface area is 126 Å². The van der Waals surface area contributed by atoms with Crippen LogP contribution in [0.15, 0.2) is 18.2 Å². The fraction of sp³-hybridized carbons (Fsp3) is 0.500. The van der Waals surface area contributed by atoms with Gasteiger partial charge in [0.25, 0.3) is 0 Å². The van der Waals surface area contributed by atoms with E-state index >= 15 is 0 Å². The van der Waals surface area contributed by atoms with Crippen LogP contribution in [0.3, 0.4) is 0 Å². The van der Waals surface area contributed by atoms with Crippen LogP contribution in [-0.4, -0.2) is 32.3 Å². The summed E-state index contributed by atoms with van der Waals surface area (Å²) >= 11 is 0. The zero-order chi connectivity index (χ0) is 16.1. The van der Waals surface area contributed by atoms with Crippen molar-refractivity contribution in [2.45, 2.75) is 43.4 Å². The lowest BCUT2D eigenvalue weighted by Gasteiger charge is -2.38. The highest BCUT2D eigenvalue weighted by Crippen LogP contribution is 2.51. The Kier molecular flexibility index (Phi) is 3.83. The highest BCUT2D eigenvalue weighted by Gasteiger charge is 2.49. The van der Waals surface area contributed by atoms with Gasteiger partial charge in [-0.05, 0) is 43.4 Å². The van der Waals surface area contributed by atoms with Crippen molar-refractivity contribution in [2.75, 3.05) is 0 Å². The summed E-state index contributed by atoms with van der Waals surface area (Å²) in [6, 6.07) is 2.45. The molecule has 8 heteroatoms. The first-order valence-corrected chi connectivity index (χ1v) is 8.79. The van der Waals surface area contributed by atoms with E-state index in [0.717, 1.165) is 6.07 Å². The average molecular weight is 331 g/mol. The van der Waals surface area contributed by atoms with Crippen molar-refractivity contribution < 1.29 is 27.9 Å². The molecule has 0 bridgehead atoms. The van der Waals surface area contributed by atoms with Gasteiger partial charge in [-0.2, -0.15) is 0 Å². The van der Waals surface area contributed by atoms with E-state index in [1.165, 1.54) is 17.0 Å². The molecule has 1 unspecified atom stereocenters. The van der Waals surface area contributed by atoms with Gasteiger partial charge < -0.3 is 14.7 Å². The van der Waals surface area contributed by atoms with Gasteiger partial charge in [0.15, 0.2) is 0 Å². The van der Waals surface area contributed by atoms with Gasteiger partial charge in [0.05, 0.1) is 6.04 Å². The summed E-state index contributed by atoms with van der Waals surface area (Å²) in [4.78, 5) is 32.5. The van der Waals surface area contributed by atoms with E-state index in [0.29, 0.717) is 24.8 Å². The van der Waals surface area contributed by atoms with Gasteiger partial charge in [-0.3, -0.25) is 9.36 Å². The molecule has 1 amide bonds. The second kappa shape index (κ2) is 5.41. The number of fused-ring (bicyclic) bond motifs is 1. The van der Waals surface area contributed by atoms with Gasteiger partial charge >= 0.3 is 7.60 Å². The number of carbonyl (C=O) groups excluding carboxylic acids is 1. The van der Waals surface area contributed by atoms with Crippen LogP contribution in [0, 0.1) is 11.6 Å². The first kappa shape index (κ1) is 15.6. The van der Waals surface area contributed by atoms with Crippen LogP contribution in [0.4, 0.5) is 8.78 Å². The summed E-state index contributed by atoms with van der Waals surface area (Å²) in [5, 5.41) is 0. The number of piperidine rings is 1.